The number of Topliss-reactive ketones (excluding diaryl/α,β-unsaturated/α-hetero) is 1. The van der Waals surface area contributed by atoms with Crippen LogP contribution in [0, 0.1) is 0 Å². The summed E-state index contributed by atoms with van der Waals surface area (Å²) in [4.78, 5) is 11.5. The number of phenols is 1. The molecule has 0 radical (unpaired) electrons. The van der Waals surface area contributed by atoms with Gasteiger partial charge in [-0.2, -0.15) is 0 Å². The first-order valence-corrected chi connectivity index (χ1v) is 6.13. The van der Waals surface area contributed by atoms with Gasteiger partial charge in [-0.25, -0.2) is 0 Å². The number of hydrogen-bond acceptors (Lipinski definition) is 2. The van der Waals surface area contributed by atoms with E-state index in [1.165, 1.54) is 16.7 Å². The van der Waals surface area contributed by atoms with Gasteiger partial charge in [-0.05, 0) is 36.1 Å². The predicted octanol–water partition coefficient (Wildman–Crippen LogP) is 2.89. The highest BCUT2D eigenvalue weighted by Crippen LogP contribution is 2.46. The van der Waals surface area contributed by atoms with E-state index < -0.39 is 0 Å². The molecule has 0 spiro atoms. The molecule has 1 aromatic carbocycles. The Morgan fingerprint density at radius 1 is 1.35 bits per heavy atom. The molecule has 1 saturated carbocycles. The fourth-order valence-electron chi connectivity index (χ4n) is 3.17. The summed E-state index contributed by atoms with van der Waals surface area (Å²) in [6, 6.07) is 5.63. The molecule has 88 valence electrons. The summed E-state index contributed by atoms with van der Waals surface area (Å²) in [5, 5.41) is 9.54. The van der Waals surface area contributed by atoms with Crippen molar-refractivity contribution < 1.29 is 9.90 Å². The zero-order valence-electron chi connectivity index (χ0n) is 9.99. The third-order valence-corrected chi connectivity index (χ3v) is 4.25. The molecule has 2 heteroatoms. The Morgan fingerprint density at radius 3 is 3.00 bits per heavy atom. The molecule has 2 aliphatic carbocycles. The molecule has 3 rings (SSSR count). The van der Waals surface area contributed by atoms with E-state index in [1.807, 2.05) is 12.1 Å². The van der Waals surface area contributed by atoms with E-state index in [9.17, 15) is 9.90 Å². The first kappa shape index (κ1) is 10.6. The van der Waals surface area contributed by atoms with Crippen molar-refractivity contribution in [2.24, 2.45) is 0 Å². The van der Waals surface area contributed by atoms with E-state index in [-0.39, 0.29) is 5.41 Å². The summed E-state index contributed by atoms with van der Waals surface area (Å²) in [6.07, 6.45) is 5.20. The molecule has 0 amide bonds. The van der Waals surface area contributed by atoms with Crippen molar-refractivity contribution in [3.63, 3.8) is 0 Å². The first-order valence-electron chi connectivity index (χ1n) is 6.13. The second-order valence-electron chi connectivity index (χ2n) is 5.32. The van der Waals surface area contributed by atoms with Crippen LogP contribution in [0.25, 0.3) is 0 Å². The molecule has 0 bridgehead atoms. The average Bonchev–Trinajstić information content (AvgIpc) is 2.30. The Kier molecular flexibility index (Phi) is 2.15. The van der Waals surface area contributed by atoms with Crippen LogP contribution in [0.15, 0.2) is 29.8 Å². The van der Waals surface area contributed by atoms with E-state index in [0.29, 0.717) is 24.4 Å². The van der Waals surface area contributed by atoms with E-state index in [2.05, 4.69) is 13.0 Å². The van der Waals surface area contributed by atoms with Crippen molar-refractivity contribution in [2.75, 3.05) is 0 Å². The van der Waals surface area contributed by atoms with Gasteiger partial charge in [-0.15, -0.1) is 0 Å². The first-order chi connectivity index (χ1) is 8.09. The summed E-state index contributed by atoms with van der Waals surface area (Å²) in [7, 11) is 0. The summed E-state index contributed by atoms with van der Waals surface area (Å²) < 4.78 is 0. The van der Waals surface area contributed by atoms with E-state index >= 15 is 0 Å². The van der Waals surface area contributed by atoms with Crippen molar-refractivity contribution in [3.8, 4) is 5.75 Å². The quantitative estimate of drug-likeness (QED) is 0.693. The summed E-state index contributed by atoms with van der Waals surface area (Å²) in [5.74, 6) is 0.687. The Hall–Kier alpha value is -1.57. The smallest absolute Gasteiger partial charge is 0.137 e. The fourth-order valence-corrected chi connectivity index (χ4v) is 3.17. The van der Waals surface area contributed by atoms with Crippen LogP contribution < -0.4 is 0 Å². The van der Waals surface area contributed by atoms with Gasteiger partial charge in [0.15, 0.2) is 0 Å². The average molecular weight is 228 g/mol. The molecular weight excluding hydrogens is 212 g/mol. The highest BCUT2D eigenvalue weighted by Gasteiger charge is 2.39. The third kappa shape index (κ3) is 1.51. The number of carbonyl (C=O) groups excluding carboxylic acids is 1. The van der Waals surface area contributed by atoms with Crippen LogP contribution >= 0.6 is 0 Å². The van der Waals surface area contributed by atoms with Crippen molar-refractivity contribution in [2.45, 2.75) is 38.0 Å². The molecular formula is C15H16O2. The Morgan fingerprint density at radius 2 is 2.18 bits per heavy atom. The molecule has 1 fully saturated rings. The lowest BCUT2D eigenvalue weighted by atomic mass is 9.63. The zero-order valence-corrected chi connectivity index (χ0v) is 9.99. The molecule has 0 unspecified atom stereocenters. The minimum absolute atomic E-state index is 0.00912. The minimum Gasteiger partial charge on any atom is -0.508 e. The van der Waals surface area contributed by atoms with Gasteiger partial charge in [0.05, 0.1) is 0 Å². The SMILES string of the molecule is C[C@@]12CCC(=O)CC1=CCc1cc(O)ccc12. The van der Waals surface area contributed by atoms with Crippen molar-refractivity contribution >= 4 is 5.78 Å². The van der Waals surface area contributed by atoms with E-state index in [4.69, 9.17) is 0 Å². The van der Waals surface area contributed by atoms with Gasteiger partial charge < -0.3 is 5.11 Å². The third-order valence-electron chi connectivity index (χ3n) is 4.25. The van der Waals surface area contributed by atoms with Gasteiger partial charge in [0, 0.05) is 18.3 Å². The summed E-state index contributed by atoms with van der Waals surface area (Å²) in [6.45, 7) is 2.22. The molecule has 0 saturated heterocycles. The second-order valence-corrected chi connectivity index (χ2v) is 5.32. The summed E-state index contributed by atoms with van der Waals surface area (Å²) in [5.41, 5.74) is 3.77. The molecule has 2 aliphatic rings. The maximum absolute atomic E-state index is 11.5. The van der Waals surface area contributed by atoms with Crippen LogP contribution in [0.4, 0.5) is 0 Å². The van der Waals surface area contributed by atoms with E-state index in [0.717, 1.165) is 12.8 Å². The highest BCUT2D eigenvalue weighted by atomic mass is 16.3. The lowest BCUT2D eigenvalue weighted by Crippen LogP contribution is -2.34. The Bertz CT molecular complexity index is 528. The standard InChI is InChI=1S/C15H16O2/c1-15-7-6-13(17)9-11(15)3-2-10-8-12(16)4-5-14(10)15/h3-5,8,16H,2,6-7,9H2,1H3/t15-/m1/s1. The van der Waals surface area contributed by atoms with Gasteiger partial charge >= 0.3 is 0 Å². The monoisotopic (exact) mass is 228 g/mol. The highest BCUT2D eigenvalue weighted by molar-refractivity contribution is 5.83. The van der Waals surface area contributed by atoms with Gasteiger partial charge in [-0.1, -0.05) is 24.6 Å². The van der Waals surface area contributed by atoms with Crippen LogP contribution in [-0.4, -0.2) is 10.9 Å². The minimum atomic E-state index is 0.00912. The number of hydrogen-bond donors (Lipinski definition) is 1. The largest absolute Gasteiger partial charge is 0.508 e. The van der Waals surface area contributed by atoms with Crippen LogP contribution in [0.5, 0.6) is 5.75 Å². The normalized spacial score (nSPS) is 27.1. The molecule has 2 nitrogen and oxygen atoms in total. The number of carbonyl (C=O) groups is 1. The molecule has 1 atom stereocenters. The zero-order chi connectivity index (χ0) is 12.0. The molecule has 0 aliphatic heterocycles. The predicted molar refractivity (Wildman–Crippen MR) is 66.1 cm³/mol. The van der Waals surface area contributed by atoms with Gasteiger partial charge in [-0.3, -0.25) is 4.79 Å². The van der Waals surface area contributed by atoms with Gasteiger partial charge in [0.25, 0.3) is 0 Å². The second kappa shape index (κ2) is 3.46. The lowest BCUT2D eigenvalue weighted by molar-refractivity contribution is -0.119. The van der Waals surface area contributed by atoms with Crippen LogP contribution in [-0.2, 0) is 16.6 Å². The topological polar surface area (TPSA) is 37.3 Å². The molecule has 0 heterocycles. The van der Waals surface area contributed by atoms with Crippen LogP contribution in [0.1, 0.15) is 37.3 Å². The number of phenolic OH excluding ortho intramolecular Hbond substituents is 1. The van der Waals surface area contributed by atoms with Gasteiger partial charge in [0.2, 0.25) is 0 Å². The van der Waals surface area contributed by atoms with Crippen LogP contribution in [0.3, 0.4) is 0 Å². The maximum Gasteiger partial charge on any atom is 0.137 e. The summed E-state index contributed by atoms with van der Waals surface area (Å²) >= 11 is 0. The maximum atomic E-state index is 11.5. The number of aromatic hydroxyl groups is 1. The molecule has 1 aromatic rings. The molecule has 0 aromatic heterocycles. The van der Waals surface area contributed by atoms with Gasteiger partial charge in [0.1, 0.15) is 11.5 Å². The van der Waals surface area contributed by atoms with Crippen LogP contribution in [0.2, 0.25) is 0 Å². The Labute approximate surface area is 101 Å². The number of rotatable bonds is 0. The number of benzene rings is 1. The molecule has 17 heavy (non-hydrogen) atoms. The fraction of sp³-hybridized carbons (Fsp3) is 0.400. The number of fused-ring (bicyclic) bond motifs is 3. The van der Waals surface area contributed by atoms with Crippen molar-refractivity contribution in [3.05, 3.63) is 41.0 Å². The van der Waals surface area contributed by atoms with Crippen molar-refractivity contribution in [1.82, 2.24) is 0 Å². The van der Waals surface area contributed by atoms with Crippen molar-refractivity contribution in [1.29, 1.82) is 0 Å². The number of ketones is 1. The number of allylic oxidation sites excluding steroid dienone is 2. The Balaban J connectivity index is 2.12. The molecule has 1 N–H and O–H groups in total. The lowest BCUT2D eigenvalue weighted by Gasteiger charge is -2.40. The van der Waals surface area contributed by atoms with E-state index in [1.54, 1.807) is 6.07 Å².